The van der Waals surface area contributed by atoms with Crippen LogP contribution in [0, 0.1) is 5.92 Å². The molecular formula is C26H36N6O8. The van der Waals surface area contributed by atoms with E-state index in [-0.39, 0.29) is 31.6 Å². The number of carboxylic acid groups (broad SMARTS) is 2. The average molecular weight is 561 g/mol. The fourth-order valence-electron chi connectivity index (χ4n) is 4.10. The molecule has 1 aromatic carbocycles. The molecule has 2 aromatic rings. The number of carbonyl (C=O) groups is 6. The van der Waals surface area contributed by atoms with Gasteiger partial charge < -0.3 is 42.6 Å². The maximum atomic E-state index is 13.1. The quantitative estimate of drug-likeness (QED) is 0.130. The molecule has 14 heteroatoms. The molecule has 218 valence electrons. The van der Waals surface area contributed by atoms with Crippen LogP contribution in [0.5, 0.6) is 0 Å². The number of hydrogen-bond donors (Lipinski definition) is 8. The second-order valence-electron chi connectivity index (χ2n) is 9.92. The first-order valence-electron chi connectivity index (χ1n) is 12.7. The number of H-pyrrole nitrogens is 1. The van der Waals surface area contributed by atoms with Crippen LogP contribution >= 0.6 is 0 Å². The molecule has 0 saturated heterocycles. The van der Waals surface area contributed by atoms with Crippen LogP contribution in [-0.4, -0.2) is 74.9 Å². The molecule has 0 saturated carbocycles. The van der Waals surface area contributed by atoms with Crippen molar-refractivity contribution in [3.63, 3.8) is 0 Å². The van der Waals surface area contributed by atoms with Crippen molar-refractivity contribution in [3.05, 3.63) is 36.0 Å². The zero-order chi connectivity index (χ0) is 30.0. The Hall–Kier alpha value is -4.46. The molecule has 0 aliphatic heterocycles. The van der Waals surface area contributed by atoms with Crippen molar-refractivity contribution in [2.45, 2.75) is 70.1 Å². The van der Waals surface area contributed by atoms with E-state index in [1.54, 1.807) is 18.3 Å². The van der Waals surface area contributed by atoms with E-state index >= 15 is 0 Å². The fraction of sp³-hybridized carbons (Fsp3) is 0.462. The summed E-state index contributed by atoms with van der Waals surface area (Å²) >= 11 is 0. The van der Waals surface area contributed by atoms with Crippen molar-refractivity contribution < 1.29 is 39.0 Å². The molecule has 0 fully saturated rings. The van der Waals surface area contributed by atoms with Crippen molar-refractivity contribution in [2.24, 2.45) is 17.4 Å². The SMILES string of the molecule is CC(C)CC(N)C(=O)NC(CC(=O)O)C(=O)NC(CCC(N)=O)C(=O)NC(Cc1c[nH]c2ccccc12)C(=O)O. The Labute approximate surface area is 230 Å². The number of benzene rings is 1. The van der Waals surface area contributed by atoms with Crippen LogP contribution in [0.25, 0.3) is 10.9 Å². The molecule has 0 aliphatic carbocycles. The molecule has 2 rings (SSSR count). The van der Waals surface area contributed by atoms with Gasteiger partial charge in [0.05, 0.1) is 12.5 Å². The smallest absolute Gasteiger partial charge is 0.326 e. The van der Waals surface area contributed by atoms with Gasteiger partial charge in [0.25, 0.3) is 0 Å². The van der Waals surface area contributed by atoms with Gasteiger partial charge in [-0.2, -0.15) is 0 Å². The highest BCUT2D eigenvalue weighted by molar-refractivity contribution is 5.96. The topological polar surface area (TPSA) is 247 Å². The molecule has 0 radical (unpaired) electrons. The lowest BCUT2D eigenvalue weighted by molar-refractivity contribution is -0.143. The third-order valence-electron chi connectivity index (χ3n) is 6.10. The Morgan fingerprint density at radius 3 is 2.10 bits per heavy atom. The molecule has 1 aromatic heterocycles. The summed E-state index contributed by atoms with van der Waals surface area (Å²) in [5.41, 5.74) is 12.4. The number of para-hydroxylation sites is 1. The number of nitrogens with one attached hydrogen (secondary N) is 4. The molecule has 0 spiro atoms. The van der Waals surface area contributed by atoms with Crippen LogP contribution in [-0.2, 0) is 35.2 Å². The van der Waals surface area contributed by atoms with Crippen molar-refractivity contribution in [1.82, 2.24) is 20.9 Å². The van der Waals surface area contributed by atoms with Crippen LogP contribution in [0.3, 0.4) is 0 Å². The first-order valence-corrected chi connectivity index (χ1v) is 12.7. The van der Waals surface area contributed by atoms with Crippen LogP contribution in [0.4, 0.5) is 0 Å². The molecule has 0 aliphatic rings. The van der Waals surface area contributed by atoms with Gasteiger partial charge in [-0.25, -0.2) is 4.79 Å². The minimum atomic E-state index is -1.59. The first-order chi connectivity index (χ1) is 18.8. The minimum absolute atomic E-state index is 0.0563. The Balaban J connectivity index is 2.20. The molecule has 4 amide bonds. The number of nitrogens with two attached hydrogens (primary N) is 2. The highest BCUT2D eigenvalue weighted by Crippen LogP contribution is 2.19. The Morgan fingerprint density at radius 2 is 1.50 bits per heavy atom. The number of hydrogen-bond acceptors (Lipinski definition) is 7. The van der Waals surface area contributed by atoms with Crippen molar-refractivity contribution in [3.8, 4) is 0 Å². The number of aliphatic carboxylic acids is 2. The van der Waals surface area contributed by atoms with E-state index in [1.807, 2.05) is 26.0 Å². The monoisotopic (exact) mass is 560 g/mol. The zero-order valence-corrected chi connectivity index (χ0v) is 22.3. The van der Waals surface area contributed by atoms with E-state index in [9.17, 15) is 39.0 Å². The van der Waals surface area contributed by atoms with Crippen LogP contribution in [0.1, 0.15) is 45.1 Å². The van der Waals surface area contributed by atoms with E-state index in [2.05, 4.69) is 20.9 Å². The molecule has 4 atom stereocenters. The molecule has 10 N–H and O–H groups in total. The summed E-state index contributed by atoms with van der Waals surface area (Å²) in [6, 6.07) is 1.75. The Morgan fingerprint density at radius 1 is 0.900 bits per heavy atom. The predicted octanol–water partition coefficient (Wildman–Crippen LogP) is -0.637. The summed E-state index contributed by atoms with van der Waals surface area (Å²) in [6.07, 6.45) is 0.369. The van der Waals surface area contributed by atoms with E-state index in [0.717, 1.165) is 10.9 Å². The summed E-state index contributed by atoms with van der Waals surface area (Å²) < 4.78 is 0. The highest BCUT2D eigenvalue weighted by atomic mass is 16.4. The van der Waals surface area contributed by atoms with Crippen LogP contribution in [0.15, 0.2) is 30.5 Å². The van der Waals surface area contributed by atoms with Gasteiger partial charge in [-0.3, -0.25) is 24.0 Å². The lowest BCUT2D eigenvalue weighted by Crippen LogP contribution is -2.57. The van der Waals surface area contributed by atoms with E-state index in [4.69, 9.17) is 11.5 Å². The average Bonchev–Trinajstić information content (AvgIpc) is 3.27. The van der Waals surface area contributed by atoms with E-state index in [0.29, 0.717) is 5.56 Å². The standard InChI is InChI=1S/C26H36N6O8/c1-13(2)9-16(27)23(36)31-19(11-22(34)35)25(38)30-18(7-8-21(28)33)24(37)32-20(26(39)40)10-14-12-29-17-6-4-3-5-15(14)17/h3-6,12-13,16,18-20,29H,7-11,27H2,1-2H3,(H2,28,33)(H,30,38)(H,31,36)(H,32,37)(H,34,35)(H,39,40). The van der Waals surface area contributed by atoms with Gasteiger partial charge >= 0.3 is 11.9 Å². The van der Waals surface area contributed by atoms with Gasteiger partial charge in [0.1, 0.15) is 18.1 Å². The Kier molecular flexibility index (Phi) is 11.6. The zero-order valence-electron chi connectivity index (χ0n) is 22.3. The largest absolute Gasteiger partial charge is 0.481 e. The molecular weight excluding hydrogens is 524 g/mol. The summed E-state index contributed by atoms with van der Waals surface area (Å²) in [7, 11) is 0. The van der Waals surface area contributed by atoms with E-state index in [1.165, 1.54) is 0 Å². The molecule has 4 unspecified atom stereocenters. The predicted molar refractivity (Wildman–Crippen MR) is 144 cm³/mol. The van der Waals surface area contributed by atoms with Gasteiger partial charge in [0.2, 0.25) is 23.6 Å². The number of carboxylic acids is 2. The van der Waals surface area contributed by atoms with Crippen molar-refractivity contribution in [2.75, 3.05) is 0 Å². The minimum Gasteiger partial charge on any atom is -0.481 e. The number of aromatic amines is 1. The summed E-state index contributed by atoms with van der Waals surface area (Å²) in [5, 5.41) is 26.8. The number of amides is 4. The van der Waals surface area contributed by atoms with Gasteiger partial charge in [0.15, 0.2) is 0 Å². The van der Waals surface area contributed by atoms with Gasteiger partial charge in [-0.1, -0.05) is 32.0 Å². The van der Waals surface area contributed by atoms with Crippen LogP contribution < -0.4 is 27.4 Å². The van der Waals surface area contributed by atoms with Crippen LogP contribution in [0.2, 0.25) is 0 Å². The number of rotatable bonds is 16. The maximum absolute atomic E-state index is 13.1. The summed E-state index contributed by atoms with van der Waals surface area (Å²) in [5.74, 6) is -6.18. The van der Waals surface area contributed by atoms with E-state index < -0.39 is 66.2 Å². The van der Waals surface area contributed by atoms with Crippen molar-refractivity contribution >= 4 is 46.5 Å². The normalized spacial score (nSPS) is 14.1. The highest BCUT2D eigenvalue weighted by Gasteiger charge is 2.32. The second-order valence-corrected chi connectivity index (χ2v) is 9.92. The third kappa shape index (κ3) is 9.69. The lowest BCUT2D eigenvalue weighted by Gasteiger charge is -2.24. The first kappa shape index (κ1) is 31.8. The number of fused-ring (bicyclic) bond motifs is 1. The third-order valence-corrected chi connectivity index (χ3v) is 6.10. The number of aromatic nitrogens is 1. The Bertz CT molecular complexity index is 1240. The molecule has 40 heavy (non-hydrogen) atoms. The maximum Gasteiger partial charge on any atom is 0.326 e. The lowest BCUT2D eigenvalue weighted by atomic mass is 10.0. The van der Waals surface area contributed by atoms with Crippen molar-refractivity contribution in [1.29, 1.82) is 0 Å². The molecule has 1 heterocycles. The molecule has 14 nitrogen and oxygen atoms in total. The number of carbonyl (C=O) groups excluding carboxylic acids is 4. The van der Waals surface area contributed by atoms with Gasteiger partial charge in [-0.15, -0.1) is 0 Å². The fourth-order valence-corrected chi connectivity index (χ4v) is 4.10. The number of primary amides is 1. The van der Waals surface area contributed by atoms with Gasteiger partial charge in [0, 0.05) is 29.9 Å². The molecule has 0 bridgehead atoms. The van der Waals surface area contributed by atoms with Gasteiger partial charge in [-0.05, 0) is 30.4 Å². The summed E-state index contributed by atoms with van der Waals surface area (Å²) in [4.78, 5) is 76.4. The second kappa shape index (κ2) is 14.6. The summed E-state index contributed by atoms with van der Waals surface area (Å²) in [6.45, 7) is 3.67.